The summed E-state index contributed by atoms with van der Waals surface area (Å²) in [4.78, 5) is 2.53. The van der Waals surface area contributed by atoms with E-state index in [0.29, 0.717) is 18.1 Å². The van der Waals surface area contributed by atoms with Gasteiger partial charge in [-0.25, -0.2) is 0 Å². The van der Waals surface area contributed by atoms with Gasteiger partial charge in [0.25, 0.3) is 0 Å². The summed E-state index contributed by atoms with van der Waals surface area (Å²) in [6.07, 6.45) is 3.24. The predicted octanol–water partition coefficient (Wildman–Crippen LogP) is 2.11. The van der Waals surface area contributed by atoms with Crippen molar-refractivity contribution >= 4 is 0 Å². The Hall–Kier alpha value is -0.120. The van der Waals surface area contributed by atoms with E-state index in [1.54, 1.807) is 0 Å². The first-order valence-electron chi connectivity index (χ1n) is 7.09. The minimum absolute atomic E-state index is 0.375. The SMILES string of the molecule is CC(C)CC(CN)CCN1C[C@@H](C)O[C@@H](C)C1. The molecule has 1 aliphatic heterocycles. The molecule has 0 aromatic rings. The van der Waals surface area contributed by atoms with Crippen molar-refractivity contribution in [2.75, 3.05) is 26.2 Å². The molecule has 0 radical (unpaired) electrons. The average molecular weight is 242 g/mol. The lowest BCUT2D eigenvalue weighted by Gasteiger charge is -2.36. The fraction of sp³-hybridized carbons (Fsp3) is 1.00. The van der Waals surface area contributed by atoms with Gasteiger partial charge in [-0.3, -0.25) is 4.90 Å². The summed E-state index contributed by atoms with van der Waals surface area (Å²) in [6.45, 7) is 13.0. The third-order valence-electron chi connectivity index (χ3n) is 3.49. The van der Waals surface area contributed by atoms with E-state index < -0.39 is 0 Å². The minimum Gasteiger partial charge on any atom is -0.373 e. The van der Waals surface area contributed by atoms with Crippen LogP contribution in [0, 0.1) is 11.8 Å². The van der Waals surface area contributed by atoms with E-state index in [1.165, 1.54) is 19.4 Å². The fourth-order valence-electron chi connectivity index (χ4n) is 2.83. The molecule has 0 saturated carbocycles. The maximum absolute atomic E-state index is 5.85. The first kappa shape index (κ1) is 14.9. The summed E-state index contributed by atoms with van der Waals surface area (Å²) in [5.41, 5.74) is 5.85. The van der Waals surface area contributed by atoms with Gasteiger partial charge in [0.2, 0.25) is 0 Å². The van der Waals surface area contributed by atoms with Gasteiger partial charge in [-0.1, -0.05) is 13.8 Å². The molecule has 0 aromatic carbocycles. The Labute approximate surface area is 107 Å². The molecular formula is C14H30N2O. The highest BCUT2D eigenvalue weighted by atomic mass is 16.5. The van der Waals surface area contributed by atoms with Gasteiger partial charge in [0, 0.05) is 13.1 Å². The zero-order chi connectivity index (χ0) is 12.8. The lowest BCUT2D eigenvalue weighted by atomic mass is 9.94. The molecule has 3 heteroatoms. The van der Waals surface area contributed by atoms with E-state index in [9.17, 15) is 0 Å². The summed E-state index contributed by atoms with van der Waals surface area (Å²) in [7, 11) is 0. The van der Waals surface area contributed by atoms with Crippen LogP contribution in [-0.4, -0.2) is 43.3 Å². The second kappa shape index (κ2) is 7.34. The van der Waals surface area contributed by atoms with Crippen molar-refractivity contribution in [2.45, 2.75) is 52.7 Å². The lowest BCUT2D eigenvalue weighted by Crippen LogP contribution is -2.46. The maximum Gasteiger partial charge on any atom is 0.0678 e. The Morgan fingerprint density at radius 2 is 1.82 bits per heavy atom. The molecule has 0 amide bonds. The summed E-state index contributed by atoms with van der Waals surface area (Å²) in [5, 5.41) is 0. The molecule has 0 spiro atoms. The molecule has 2 N–H and O–H groups in total. The number of rotatable bonds is 6. The quantitative estimate of drug-likeness (QED) is 0.775. The number of morpholine rings is 1. The third-order valence-corrected chi connectivity index (χ3v) is 3.49. The predicted molar refractivity (Wildman–Crippen MR) is 73.1 cm³/mol. The monoisotopic (exact) mass is 242 g/mol. The summed E-state index contributed by atoms with van der Waals surface area (Å²) in [6, 6.07) is 0. The second-order valence-electron chi connectivity index (χ2n) is 6.04. The normalized spacial score (nSPS) is 28.6. The van der Waals surface area contributed by atoms with Crippen molar-refractivity contribution in [1.82, 2.24) is 4.90 Å². The van der Waals surface area contributed by atoms with E-state index in [-0.39, 0.29) is 0 Å². The third kappa shape index (κ3) is 5.84. The van der Waals surface area contributed by atoms with Crippen molar-refractivity contribution in [2.24, 2.45) is 17.6 Å². The van der Waals surface area contributed by atoms with Crippen LogP contribution in [0.25, 0.3) is 0 Å². The van der Waals surface area contributed by atoms with Crippen molar-refractivity contribution in [3.8, 4) is 0 Å². The highest BCUT2D eigenvalue weighted by Crippen LogP contribution is 2.17. The van der Waals surface area contributed by atoms with Crippen LogP contribution in [0.3, 0.4) is 0 Å². The Balaban J connectivity index is 2.28. The van der Waals surface area contributed by atoms with Crippen LogP contribution in [0.4, 0.5) is 0 Å². The minimum atomic E-state index is 0.375. The number of nitrogens with zero attached hydrogens (tertiary/aromatic N) is 1. The Morgan fingerprint density at radius 3 is 2.29 bits per heavy atom. The molecule has 0 aliphatic carbocycles. The fourth-order valence-corrected chi connectivity index (χ4v) is 2.83. The van der Waals surface area contributed by atoms with Gasteiger partial charge in [-0.05, 0) is 51.6 Å². The molecule has 1 aliphatic rings. The van der Waals surface area contributed by atoms with E-state index in [4.69, 9.17) is 10.5 Å². The Bertz CT molecular complexity index is 198. The molecular weight excluding hydrogens is 212 g/mol. The molecule has 17 heavy (non-hydrogen) atoms. The molecule has 0 bridgehead atoms. The zero-order valence-electron chi connectivity index (χ0n) is 12.0. The van der Waals surface area contributed by atoms with Crippen molar-refractivity contribution in [3.05, 3.63) is 0 Å². The molecule has 1 unspecified atom stereocenters. The molecule has 102 valence electrons. The highest BCUT2D eigenvalue weighted by Gasteiger charge is 2.22. The maximum atomic E-state index is 5.85. The molecule has 0 aromatic heterocycles. The number of hydrogen-bond donors (Lipinski definition) is 1. The first-order chi connectivity index (χ1) is 8.01. The molecule has 1 rings (SSSR count). The smallest absolute Gasteiger partial charge is 0.0678 e. The van der Waals surface area contributed by atoms with Crippen LogP contribution < -0.4 is 5.73 Å². The Morgan fingerprint density at radius 1 is 1.24 bits per heavy atom. The summed E-state index contributed by atoms with van der Waals surface area (Å²) in [5.74, 6) is 1.44. The Kier molecular flexibility index (Phi) is 6.45. The van der Waals surface area contributed by atoms with Crippen molar-refractivity contribution in [3.63, 3.8) is 0 Å². The molecule has 3 atom stereocenters. The molecule has 3 nitrogen and oxygen atoms in total. The number of nitrogens with two attached hydrogens (primary N) is 1. The number of ether oxygens (including phenoxy) is 1. The van der Waals surface area contributed by atoms with E-state index in [0.717, 1.165) is 25.6 Å². The molecule has 1 heterocycles. The number of hydrogen-bond acceptors (Lipinski definition) is 3. The van der Waals surface area contributed by atoms with Gasteiger partial charge in [-0.2, -0.15) is 0 Å². The topological polar surface area (TPSA) is 38.5 Å². The van der Waals surface area contributed by atoms with Crippen LogP contribution in [0.1, 0.15) is 40.5 Å². The largest absolute Gasteiger partial charge is 0.373 e. The van der Waals surface area contributed by atoms with Gasteiger partial charge < -0.3 is 10.5 Å². The van der Waals surface area contributed by atoms with Gasteiger partial charge >= 0.3 is 0 Å². The van der Waals surface area contributed by atoms with E-state index >= 15 is 0 Å². The van der Waals surface area contributed by atoms with Crippen LogP contribution in [0.15, 0.2) is 0 Å². The molecule has 1 fully saturated rings. The lowest BCUT2D eigenvalue weighted by molar-refractivity contribution is -0.0690. The highest BCUT2D eigenvalue weighted by molar-refractivity contribution is 4.74. The van der Waals surface area contributed by atoms with Crippen LogP contribution in [0.5, 0.6) is 0 Å². The molecule has 1 saturated heterocycles. The van der Waals surface area contributed by atoms with Crippen molar-refractivity contribution < 1.29 is 4.74 Å². The average Bonchev–Trinajstić information content (AvgIpc) is 2.22. The van der Waals surface area contributed by atoms with Gasteiger partial charge in [0.05, 0.1) is 12.2 Å². The van der Waals surface area contributed by atoms with E-state index in [2.05, 4.69) is 32.6 Å². The van der Waals surface area contributed by atoms with Gasteiger partial charge in [0.1, 0.15) is 0 Å². The van der Waals surface area contributed by atoms with Crippen LogP contribution in [-0.2, 0) is 4.74 Å². The van der Waals surface area contributed by atoms with Crippen LogP contribution in [0.2, 0.25) is 0 Å². The second-order valence-corrected chi connectivity index (χ2v) is 6.04. The van der Waals surface area contributed by atoms with E-state index in [1.807, 2.05) is 0 Å². The zero-order valence-corrected chi connectivity index (χ0v) is 12.0. The summed E-state index contributed by atoms with van der Waals surface area (Å²) < 4.78 is 5.75. The van der Waals surface area contributed by atoms with Gasteiger partial charge in [-0.15, -0.1) is 0 Å². The van der Waals surface area contributed by atoms with Crippen molar-refractivity contribution in [1.29, 1.82) is 0 Å². The standard InChI is InChI=1S/C14H30N2O/c1-11(2)7-14(8-15)5-6-16-9-12(3)17-13(4)10-16/h11-14H,5-10,15H2,1-4H3/t12-,13+,14?. The first-order valence-corrected chi connectivity index (χ1v) is 7.09. The van der Waals surface area contributed by atoms with Crippen LogP contribution >= 0.6 is 0 Å². The van der Waals surface area contributed by atoms with Gasteiger partial charge in [0.15, 0.2) is 0 Å². The summed E-state index contributed by atoms with van der Waals surface area (Å²) >= 11 is 0.